The summed E-state index contributed by atoms with van der Waals surface area (Å²) in [5.74, 6) is -0.250. The van der Waals surface area contributed by atoms with Crippen LogP contribution in [0.1, 0.15) is 29.8 Å². The van der Waals surface area contributed by atoms with Crippen LogP contribution in [-0.4, -0.2) is 17.2 Å². The smallest absolute Gasteiger partial charge is 0.337 e. The molecular formula is C17H17BrClNO3. The number of benzene rings is 2. The van der Waals surface area contributed by atoms with Crippen molar-refractivity contribution in [1.29, 1.82) is 0 Å². The van der Waals surface area contributed by atoms with Crippen LogP contribution in [0.15, 0.2) is 40.9 Å². The molecule has 0 aliphatic heterocycles. The number of nitrogens with one attached hydrogen (secondary N) is 1. The molecule has 0 saturated heterocycles. The van der Waals surface area contributed by atoms with E-state index in [-0.39, 0.29) is 16.7 Å². The molecule has 0 radical (unpaired) electrons. The number of rotatable bonds is 6. The van der Waals surface area contributed by atoms with Crippen LogP contribution in [-0.2, 0) is 6.54 Å². The zero-order chi connectivity index (χ0) is 17.0. The average molecular weight is 399 g/mol. The average Bonchev–Trinajstić information content (AvgIpc) is 2.48. The van der Waals surface area contributed by atoms with E-state index in [9.17, 15) is 4.79 Å². The van der Waals surface area contributed by atoms with Gasteiger partial charge in [0.25, 0.3) is 0 Å². The van der Waals surface area contributed by atoms with Crippen LogP contribution in [0.2, 0.25) is 5.02 Å². The molecule has 0 spiro atoms. The van der Waals surface area contributed by atoms with Crippen molar-refractivity contribution in [1.82, 2.24) is 0 Å². The fourth-order valence-corrected chi connectivity index (χ4v) is 2.73. The van der Waals surface area contributed by atoms with Crippen LogP contribution in [0.4, 0.5) is 5.69 Å². The molecule has 2 aromatic rings. The molecule has 0 saturated carbocycles. The summed E-state index contributed by atoms with van der Waals surface area (Å²) >= 11 is 9.35. The fraction of sp³-hybridized carbons (Fsp3) is 0.235. The first kappa shape index (κ1) is 17.6. The molecular weight excluding hydrogens is 382 g/mol. The Labute approximate surface area is 148 Å². The van der Waals surface area contributed by atoms with Gasteiger partial charge in [0, 0.05) is 12.2 Å². The summed E-state index contributed by atoms with van der Waals surface area (Å²) in [5, 5.41) is 12.5. The summed E-state index contributed by atoms with van der Waals surface area (Å²) in [6.07, 6.45) is 0.110. The first-order valence-electron chi connectivity index (χ1n) is 7.08. The van der Waals surface area contributed by atoms with Gasteiger partial charge in [-0.15, -0.1) is 0 Å². The lowest BCUT2D eigenvalue weighted by Gasteiger charge is -2.13. The number of carbonyl (C=O) groups is 1. The molecule has 0 aromatic heterocycles. The minimum absolute atomic E-state index is 0.0820. The molecule has 0 unspecified atom stereocenters. The van der Waals surface area contributed by atoms with Gasteiger partial charge in [0.05, 0.1) is 21.2 Å². The summed E-state index contributed by atoms with van der Waals surface area (Å²) in [6.45, 7) is 4.51. The Balaban J connectivity index is 2.08. The van der Waals surface area contributed by atoms with Gasteiger partial charge in [-0.1, -0.05) is 17.7 Å². The minimum atomic E-state index is -1.04. The maximum absolute atomic E-state index is 11.1. The van der Waals surface area contributed by atoms with Crippen LogP contribution in [0.25, 0.3) is 0 Å². The zero-order valence-electron chi connectivity index (χ0n) is 12.8. The number of carboxylic acid groups (broad SMARTS) is 1. The second-order valence-electron chi connectivity index (χ2n) is 5.28. The molecule has 6 heteroatoms. The van der Waals surface area contributed by atoms with Crippen LogP contribution in [0, 0.1) is 0 Å². The van der Waals surface area contributed by atoms with Crippen LogP contribution in [0.3, 0.4) is 0 Å². The second-order valence-corrected chi connectivity index (χ2v) is 6.55. The summed E-state index contributed by atoms with van der Waals surface area (Å²) in [6, 6.07) is 10.7. The van der Waals surface area contributed by atoms with E-state index < -0.39 is 5.97 Å². The van der Waals surface area contributed by atoms with Crippen molar-refractivity contribution in [2.75, 3.05) is 5.32 Å². The lowest BCUT2D eigenvalue weighted by Crippen LogP contribution is -2.06. The van der Waals surface area contributed by atoms with Gasteiger partial charge in [-0.3, -0.25) is 0 Å². The Morgan fingerprint density at radius 2 is 2.04 bits per heavy atom. The maximum atomic E-state index is 11.1. The highest BCUT2D eigenvalue weighted by atomic mass is 79.9. The Bertz CT molecular complexity index is 719. The van der Waals surface area contributed by atoms with E-state index >= 15 is 0 Å². The highest BCUT2D eigenvalue weighted by molar-refractivity contribution is 9.10. The largest absolute Gasteiger partial charge is 0.490 e. The molecule has 0 heterocycles. The van der Waals surface area contributed by atoms with Crippen LogP contribution < -0.4 is 10.1 Å². The molecule has 122 valence electrons. The summed E-state index contributed by atoms with van der Waals surface area (Å²) in [5.41, 5.74) is 1.82. The van der Waals surface area contributed by atoms with E-state index in [1.807, 2.05) is 32.0 Å². The van der Waals surface area contributed by atoms with E-state index in [0.29, 0.717) is 12.2 Å². The highest BCUT2D eigenvalue weighted by Gasteiger charge is 2.09. The quantitative estimate of drug-likeness (QED) is 0.702. The maximum Gasteiger partial charge on any atom is 0.337 e. The number of hydrogen-bond donors (Lipinski definition) is 2. The van der Waals surface area contributed by atoms with E-state index in [1.165, 1.54) is 6.07 Å². The van der Waals surface area contributed by atoms with Gasteiger partial charge >= 0.3 is 5.97 Å². The molecule has 0 aliphatic rings. The lowest BCUT2D eigenvalue weighted by atomic mass is 10.1. The number of hydrogen-bond acceptors (Lipinski definition) is 3. The molecule has 0 fully saturated rings. The van der Waals surface area contributed by atoms with Crippen molar-refractivity contribution in [3.05, 3.63) is 57.0 Å². The van der Waals surface area contributed by atoms with E-state index in [0.717, 1.165) is 15.8 Å². The van der Waals surface area contributed by atoms with Gasteiger partial charge in [-0.25, -0.2) is 4.79 Å². The van der Waals surface area contributed by atoms with Gasteiger partial charge in [-0.2, -0.15) is 0 Å². The van der Waals surface area contributed by atoms with Gasteiger partial charge in [0.2, 0.25) is 0 Å². The predicted molar refractivity (Wildman–Crippen MR) is 95.6 cm³/mol. The molecule has 2 aromatic carbocycles. The van der Waals surface area contributed by atoms with Crippen molar-refractivity contribution < 1.29 is 14.6 Å². The van der Waals surface area contributed by atoms with E-state index in [1.54, 1.807) is 12.1 Å². The number of carboxylic acids is 1. The van der Waals surface area contributed by atoms with Gasteiger partial charge in [-0.05, 0) is 65.7 Å². The Morgan fingerprint density at radius 1 is 1.30 bits per heavy atom. The molecule has 0 amide bonds. The number of ether oxygens (including phenoxy) is 1. The van der Waals surface area contributed by atoms with Gasteiger partial charge in [0.1, 0.15) is 5.75 Å². The lowest BCUT2D eigenvalue weighted by molar-refractivity contribution is 0.0697. The molecule has 2 N–H and O–H groups in total. The first-order valence-corrected chi connectivity index (χ1v) is 8.25. The molecule has 23 heavy (non-hydrogen) atoms. The number of anilines is 1. The summed E-state index contributed by atoms with van der Waals surface area (Å²) in [7, 11) is 0. The monoisotopic (exact) mass is 397 g/mol. The van der Waals surface area contributed by atoms with Crippen LogP contribution in [0.5, 0.6) is 5.75 Å². The summed E-state index contributed by atoms with van der Waals surface area (Å²) in [4.78, 5) is 11.1. The van der Waals surface area contributed by atoms with Gasteiger partial charge in [0.15, 0.2) is 0 Å². The topological polar surface area (TPSA) is 58.6 Å². The summed E-state index contributed by atoms with van der Waals surface area (Å²) < 4.78 is 6.55. The molecule has 0 aliphatic carbocycles. The molecule has 0 atom stereocenters. The SMILES string of the molecule is CC(C)Oc1ccc(CNc2ccc(Cl)c(C(=O)O)c2)cc1Br. The third-order valence-corrected chi connectivity index (χ3v) is 4.00. The zero-order valence-corrected chi connectivity index (χ0v) is 15.1. The van der Waals surface area contributed by atoms with Crippen LogP contribution >= 0.6 is 27.5 Å². The van der Waals surface area contributed by atoms with Crippen molar-refractivity contribution in [3.8, 4) is 5.75 Å². The highest BCUT2D eigenvalue weighted by Crippen LogP contribution is 2.27. The van der Waals surface area contributed by atoms with Crippen molar-refractivity contribution in [2.45, 2.75) is 26.5 Å². The van der Waals surface area contributed by atoms with Crippen molar-refractivity contribution >= 4 is 39.2 Å². The Kier molecular flexibility index (Phi) is 5.91. The normalized spacial score (nSPS) is 10.7. The number of halogens is 2. The van der Waals surface area contributed by atoms with Gasteiger partial charge < -0.3 is 15.2 Å². The minimum Gasteiger partial charge on any atom is -0.490 e. The third-order valence-electron chi connectivity index (χ3n) is 3.05. The van der Waals surface area contributed by atoms with Crippen molar-refractivity contribution in [2.24, 2.45) is 0 Å². The van der Waals surface area contributed by atoms with Crippen molar-refractivity contribution in [3.63, 3.8) is 0 Å². The van der Waals surface area contributed by atoms with E-state index in [4.69, 9.17) is 21.4 Å². The predicted octanol–water partition coefficient (Wildman–Crippen LogP) is 5.20. The third kappa shape index (κ3) is 4.88. The number of aromatic carboxylic acids is 1. The first-order chi connectivity index (χ1) is 10.9. The molecule has 2 rings (SSSR count). The Morgan fingerprint density at radius 3 is 2.65 bits per heavy atom. The van der Waals surface area contributed by atoms with E-state index in [2.05, 4.69) is 21.2 Å². The Hall–Kier alpha value is -1.72. The standard InChI is InChI=1S/C17H17BrClNO3/c1-10(2)23-16-6-3-11(7-14(16)18)9-20-12-4-5-15(19)13(8-12)17(21)22/h3-8,10,20H,9H2,1-2H3,(H,21,22). The second kappa shape index (κ2) is 7.70. The fourth-order valence-electron chi connectivity index (χ4n) is 2.01. The molecule has 0 bridgehead atoms. The molecule has 4 nitrogen and oxygen atoms in total.